The van der Waals surface area contributed by atoms with Crippen LogP contribution >= 0.6 is 7.21 Å². The van der Waals surface area contributed by atoms with Crippen molar-refractivity contribution in [2.24, 2.45) is 0 Å². The van der Waals surface area contributed by atoms with E-state index in [1.165, 1.54) is 33.4 Å². The normalized spacial score (nSPS) is 19.4. The van der Waals surface area contributed by atoms with E-state index in [1.807, 2.05) is 0 Å². The molecule has 0 unspecified atom stereocenters. The summed E-state index contributed by atoms with van der Waals surface area (Å²) < 4.78 is 14.6. The molecule has 1 spiro atoms. The van der Waals surface area contributed by atoms with Gasteiger partial charge < -0.3 is 0 Å². The summed E-state index contributed by atoms with van der Waals surface area (Å²) in [5.41, 5.74) is 7.40. The van der Waals surface area contributed by atoms with E-state index >= 15 is 0 Å². The summed E-state index contributed by atoms with van der Waals surface area (Å²) in [6, 6.07) is 19.7. The van der Waals surface area contributed by atoms with Gasteiger partial charge in [-0.25, -0.2) is 0 Å². The van der Waals surface area contributed by atoms with Gasteiger partial charge in [0.15, 0.2) is 0 Å². The fourth-order valence-electron chi connectivity index (χ4n) is 5.44. The van der Waals surface area contributed by atoms with Gasteiger partial charge in [0, 0.05) is 0 Å². The van der Waals surface area contributed by atoms with Crippen molar-refractivity contribution in [2.75, 3.05) is 0 Å². The van der Waals surface area contributed by atoms with E-state index in [2.05, 4.69) is 115 Å². The molecule has 0 radical (unpaired) electrons. The number of hydrogen-bond donors (Lipinski definition) is 1. The van der Waals surface area contributed by atoms with E-state index in [4.69, 9.17) is 9.05 Å². The number of benzene rings is 3. The molecule has 4 heteroatoms. The summed E-state index contributed by atoms with van der Waals surface area (Å²) in [5.74, 6) is 2.00. The molecule has 0 fully saturated rings. The fraction of sp³-hybridized carbons (Fsp3) is 0.400. The second-order valence-corrected chi connectivity index (χ2v) is 16.0. The zero-order chi connectivity index (χ0) is 24.5. The van der Waals surface area contributed by atoms with Crippen molar-refractivity contribution in [2.45, 2.75) is 78.9 Å². The monoisotopic (exact) mass is 475 g/mol. The Bertz CT molecular complexity index is 1290. The van der Waals surface area contributed by atoms with Gasteiger partial charge >= 0.3 is 205 Å². The van der Waals surface area contributed by atoms with Gasteiger partial charge in [-0.2, -0.15) is 0 Å². The molecular weight excluding hydrogens is 437 g/mol. The van der Waals surface area contributed by atoms with Crippen molar-refractivity contribution in [3.8, 4) is 11.5 Å². The molecule has 0 amide bonds. The van der Waals surface area contributed by atoms with Crippen LogP contribution in [0.15, 0.2) is 54.6 Å². The maximum atomic E-state index is 7.35. The van der Waals surface area contributed by atoms with Crippen LogP contribution in [0.1, 0.15) is 74.9 Å². The molecule has 5 rings (SSSR count). The molecule has 2 aliphatic heterocycles. The predicted molar refractivity (Wildman–Crippen MR) is 145 cm³/mol. The predicted octanol–water partition coefficient (Wildman–Crippen LogP) is 7.60. The summed E-state index contributed by atoms with van der Waals surface area (Å²) in [4.78, 5) is 0. The van der Waals surface area contributed by atoms with Crippen LogP contribution in [0.3, 0.4) is 0 Å². The van der Waals surface area contributed by atoms with Gasteiger partial charge in [0.25, 0.3) is 0 Å². The molecule has 0 saturated heterocycles. The molecule has 0 atom stereocenters. The average molecular weight is 476 g/mol. The molecule has 2 heterocycles. The van der Waals surface area contributed by atoms with Crippen LogP contribution in [-0.4, -0.2) is 0 Å². The standard InChI is InChI=1S/C30H38NO2P/c1-20-14-22-18-31-34(24-12-10-9-11-13-24,32-27(22)25(16-20)29(3,4)5)19-23-15-21(2)17-26(28(23)33-34)30(6,7)8/h9-17,31H,18-19H2,1-8H3. The van der Waals surface area contributed by atoms with Crippen molar-refractivity contribution in [3.05, 3.63) is 88.0 Å². The Morgan fingerprint density at radius 2 is 1.21 bits per heavy atom. The fourth-order valence-corrected chi connectivity index (χ4v) is 9.74. The van der Waals surface area contributed by atoms with Crippen LogP contribution in [-0.2, 0) is 23.5 Å². The molecule has 34 heavy (non-hydrogen) atoms. The average Bonchev–Trinajstić information content (AvgIpc) is 3.07. The molecule has 3 aromatic rings. The maximum absolute atomic E-state index is 7.35. The Labute approximate surface area is 205 Å². The number of rotatable bonds is 1. The zero-order valence-electron chi connectivity index (χ0n) is 21.9. The van der Waals surface area contributed by atoms with Crippen molar-refractivity contribution in [1.29, 1.82) is 0 Å². The van der Waals surface area contributed by atoms with E-state index in [0.29, 0.717) is 0 Å². The van der Waals surface area contributed by atoms with Crippen molar-refractivity contribution >= 4 is 12.5 Å². The molecule has 0 bridgehead atoms. The molecule has 0 aromatic heterocycles. The molecule has 0 saturated carbocycles. The van der Waals surface area contributed by atoms with Crippen molar-refractivity contribution in [3.63, 3.8) is 0 Å². The first kappa shape index (κ1) is 23.4. The van der Waals surface area contributed by atoms with Gasteiger partial charge in [-0.15, -0.1) is 0 Å². The molecule has 2 aliphatic rings. The second-order valence-electron chi connectivity index (χ2n) is 12.2. The number of nitrogens with one attached hydrogen (secondary N) is 1. The first-order chi connectivity index (χ1) is 15.8. The summed E-state index contributed by atoms with van der Waals surface area (Å²) in [6.07, 6.45) is 0.729. The third kappa shape index (κ3) is 3.56. The molecule has 1 N–H and O–H groups in total. The van der Waals surface area contributed by atoms with Crippen LogP contribution in [0.25, 0.3) is 0 Å². The summed E-state index contributed by atoms with van der Waals surface area (Å²) >= 11 is 0. The minimum atomic E-state index is -3.53. The third-order valence-corrected chi connectivity index (χ3v) is 11.3. The van der Waals surface area contributed by atoms with E-state index < -0.39 is 7.21 Å². The topological polar surface area (TPSA) is 30.5 Å². The molecule has 0 aliphatic carbocycles. The molecule has 3 aromatic carbocycles. The van der Waals surface area contributed by atoms with Gasteiger partial charge in [0.05, 0.1) is 0 Å². The molecule has 180 valence electrons. The second kappa shape index (κ2) is 7.33. The van der Waals surface area contributed by atoms with Crippen LogP contribution in [0.4, 0.5) is 0 Å². The van der Waals surface area contributed by atoms with Gasteiger partial charge in [-0.05, 0) is 0 Å². The SMILES string of the molecule is Cc1cc2c(c(C(C)(C)C)c1)OP1(c3ccccc3)(Cc3cc(C)cc(C(C)(C)C)c3O1)NC2. The number of fused-ring (bicyclic) bond motifs is 2. The van der Waals surface area contributed by atoms with Crippen LogP contribution < -0.4 is 19.4 Å². The first-order valence-corrected chi connectivity index (χ1v) is 14.6. The van der Waals surface area contributed by atoms with E-state index in [0.717, 1.165) is 29.5 Å². The first-order valence-electron chi connectivity index (χ1n) is 12.3. The summed E-state index contributed by atoms with van der Waals surface area (Å²) in [7, 11) is -3.53. The Morgan fingerprint density at radius 1 is 0.706 bits per heavy atom. The van der Waals surface area contributed by atoms with Gasteiger partial charge in [0.2, 0.25) is 0 Å². The summed E-state index contributed by atoms with van der Waals surface area (Å²) in [5, 5.41) is 5.04. The number of aryl methyl sites for hydroxylation is 2. The Hall–Kier alpha value is -2.35. The third-order valence-electron chi connectivity index (χ3n) is 7.13. The molecular formula is C30H38NO2P. The minimum absolute atomic E-state index is 0.0349. The van der Waals surface area contributed by atoms with Crippen LogP contribution in [0.2, 0.25) is 0 Å². The van der Waals surface area contributed by atoms with E-state index in [1.54, 1.807) is 0 Å². The Balaban J connectivity index is 1.78. The Morgan fingerprint density at radius 3 is 1.74 bits per heavy atom. The quantitative estimate of drug-likeness (QED) is 0.368. The Kier molecular flexibility index (Phi) is 5.04. The van der Waals surface area contributed by atoms with E-state index in [-0.39, 0.29) is 10.8 Å². The van der Waals surface area contributed by atoms with Crippen LogP contribution in [0, 0.1) is 13.8 Å². The van der Waals surface area contributed by atoms with E-state index in [9.17, 15) is 0 Å². The van der Waals surface area contributed by atoms with Gasteiger partial charge in [-0.3, -0.25) is 0 Å². The summed E-state index contributed by atoms with van der Waals surface area (Å²) in [6.45, 7) is 18.7. The zero-order valence-corrected chi connectivity index (χ0v) is 22.8. The molecule has 3 nitrogen and oxygen atoms in total. The van der Waals surface area contributed by atoms with Crippen molar-refractivity contribution in [1.82, 2.24) is 5.09 Å². The van der Waals surface area contributed by atoms with Gasteiger partial charge in [-0.1, -0.05) is 0 Å². The van der Waals surface area contributed by atoms with Crippen molar-refractivity contribution < 1.29 is 9.05 Å². The number of hydrogen-bond acceptors (Lipinski definition) is 3. The van der Waals surface area contributed by atoms with Gasteiger partial charge in [0.1, 0.15) is 0 Å². The van der Waals surface area contributed by atoms with Crippen LogP contribution in [0.5, 0.6) is 11.5 Å².